The van der Waals surface area contributed by atoms with Crippen LogP contribution in [0.4, 0.5) is 5.69 Å². The zero-order valence-electron chi connectivity index (χ0n) is 14.1. The van der Waals surface area contributed by atoms with Crippen LogP contribution in [0.25, 0.3) is 0 Å². The normalized spacial score (nSPS) is 10.2. The van der Waals surface area contributed by atoms with Crippen LogP contribution in [0.5, 0.6) is 11.5 Å². The molecule has 0 aliphatic heterocycles. The van der Waals surface area contributed by atoms with Crippen LogP contribution in [-0.4, -0.2) is 26.7 Å². The molecule has 0 aliphatic rings. The Morgan fingerprint density at radius 2 is 1.76 bits per heavy atom. The van der Waals surface area contributed by atoms with Crippen LogP contribution in [0.15, 0.2) is 36.4 Å². The van der Waals surface area contributed by atoms with Crippen molar-refractivity contribution in [1.82, 2.24) is 5.32 Å². The van der Waals surface area contributed by atoms with Crippen LogP contribution in [0.1, 0.15) is 12.0 Å². The second-order valence-electron chi connectivity index (χ2n) is 5.23. The zero-order valence-corrected chi connectivity index (χ0v) is 15.6. The van der Waals surface area contributed by atoms with Crippen LogP contribution >= 0.6 is 23.2 Å². The van der Waals surface area contributed by atoms with E-state index in [1.54, 1.807) is 32.4 Å². The first-order valence-electron chi connectivity index (χ1n) is 7.70. The number of carbonyl (C=O) groups is 1. The van der Waals surface area contributed by atoms with E-state index in [1.807, 2.05) is 18.2 Å². The van der Waals surface area contributed by atoms with Crippen molar-refractivity contribution in [3.05, 3.63) is 52.0 Å². The molecule has 25 heavy (non-hydrogen) atoms. The van der Waals surface area contributed by atoms with Gasteiger partial charge in [0.2, 0.25) is 5.91 Å². The SMILES string of the molecule is COc1cc(NCCC(=O)NCc2ccccc2Cl)c(OC)cc1Cl. The summed E-state index contributed by atoms with van der Waals surface area (Å²) in [5, 5.41) is 7.10. The molecule has 1 amide bonds. The molecule has 0 aliphatic carbocycles. The van der Waals surface area contributed by atoms with Crippen LogP contribution in [0.2, 0.25) is 10.0 Å². The first-order chi connectivity index (χ1) is 12.0. The fourth-order valence-electron chi connectivity index (χ4n) is 2.23. The van der Waals surface area contributed by atoms with E-state index < -0.39 is 0 Å². The molecular formula is C18H20Cl2N2O3. The highest BCUT2D eigenvalue weighted by atomic mass is 35.5. The number of benzene rings is 2. The van der Waals surface area contributed by atoms with E-state index in [0.29, 0.717) is 46.7 Å². The lowest BCUT2D eigenvalue weighted by atomic mass is 10.2. The number of hydrogen-bond acceptors (Lipinski definition) is 4. The van der Waals surface area contributed by atoms with Crippen LogP contribution in [0.3, 0.4) is 0 Å². The third-order valence-electron chi connectivity index (χ3n) is 3.58. The van der Waals surface area contributed by atoms with Gasteiger partial charge in [-0.3, -0.25) is 4.79 Å². The topological polar surface area (TPSA) is 59.6 Å². The fraction of sp³-hybridized carbons (Fsp3) is 0.278. The molecule has 2 aromatic carbocycles. The standard InChI is InChI=1S/C18H20Cl2N2O3/c1-24-16-10-15(17(25-2)9-14(16)20)21-8-7-18(23)22-11-12-5-3-4-6-13(12)19/h3-6,9-10,21H,7-8,11H2,1-2H3,(H,22,23). The summed E-state index contributed by atoms with van der Waals surface area (Å²) < 4.78 is 10.5. The van der Waals surface area contributed by atoms with E-state index in [-0.39, 0.29) is 5.91 Å². The molecule has 0 bridgehead atoms. The molecule has 0 atom stereocenters. The summed E-state index contributed by atoms with van der Waals surface area (Å²) in [5.41, 5.74) is 1.59. The van der Waals surface area contributed by atoms with E-state index >= 15 is 0 Å². The Bertz CT molecular complexity index is 738. The van der Waals surface area contributed by atoms with Crippen LogP contribution in [0, 0.1) is 0 Å². The number of halogens is 2. The van der Waals surface area contributed by atoms with Gasteiger partial charge in [-0.2, -0.15) is 0 Å². The summed E-state index contributed by atoms with van der Waals surface area (Å²) in [6, 6.07) is 10.8. The molecule has 0 saturated heterocycles. The van der Waals surface area contributed by atoms with E-state index in [0.717, 1.165) is 5.56 Å². The van der Waals surface area contributed by atoms with Crippen LogP contribution < -0.4 is 20.1 Å². The summed E-state index contributed by atoms with van der Waals surface area (Å²) in [7, 11) is 3.10. The number of nitrogens with one attached hydrogen (secondary N) is 2. The third kappa shape index (κ3) is 5.44. The molecule has 0 fully saturated rings. The quantitative estimate of drug-likeness (QED) is 0.720. The van der Waals surface area contributed by atoms with Gasteiger partial charge in [0, 0.05) is 36.7 Å². The molecule has 0 unspecified atom stereocenters. The van der Waals surface area contributed by atoms with Crippen molar-refractivity contribution in [1.29, 1.82) is 0 Å². The first kappa shape index (κ1) is 19.2. The Labute approximate surface area is 157 Å². The van der Waals surface area contributed by atoms with Crippen LogP contribution in [-0.2, 0) is 11.3 Å². The van der Waals surface area contributed by atoms with Gasteiger partial charge < -0.3 is 20.1 Å². The third-order valence-corrected chi connectivity index (χ3v) is 4.24. The Morgan fingerprint density at radius 3 is 2.44 bits per heavy atom. The molecule has 2 aromatic rings. The van der Waals surface area contributed by atoms with Crippen molar-refractivity contribution in [2.75, 3.05) is 26.1 Å². The lowest BCUT2D eigenvalue weighted by molar-refractivity contribution is -0.121. The highest BCUT2D eigenvalue weighted by Crippen LogP contribution is 2.35. The van der Waals surface area contributed by atoms with Gasteiger partial charge in [-0.1, -0.05) is 41.4 Å². The summed E-state index contributed by atoms with van der Waals surface area (Å²) in [6.45, 7) is 0.839. The molecule has 0 aromatic heterocycles. The van der Waals surface area contributed by atoms with Crippen molar-refractivity contribution >= 4 is 34.8 Å². The monoisotopic (exact) mass is 382 g/mol. The van der Waals surface area contributed by atoms with E-state index in [2.05, 4.69) is 10.6 Å². The number of anilines is 1. The molecular weight excluding hydrogens is 363 g/mol. The summed E-state index contributed by atoms with van der Waals surface area (Å²) in [4.78, 5) is 12.0. The molecule has 0 heterocycles. The number of amides is 1. The zero-order chi connectivity index (χ0) is 18.2. The number of carbonyl (C=O) groups excluding carboxylic acids is 1. The molecule has 0 spiro atoms. The predicted octanol–water partition coefficient (Wildman–Crippen LogP) is 4.13. The summed E-state index contributed by atoms with van der Waals surface area (Å²) >= 11 is 12.1. The molecule has 7 heteroatoms. The highest BCUT2D eigenvalue weighted by Gasteiger charge is 2.10. The Kier molecular flexibility index (Phi) is 7.22. The van der Waals surface area contributed by atoms with Crippen molar-refractivity contribution in [3.63, 3.8) is 0 Å². The van der Waals surface area contributed by atoms with E-state index in [9.17, 15) is 4.79 Å². The van der Waals surface area contributed by atoms with E-state index in [4.69, 9.17) is 32.7 Å². The fourth-order valence-corrected chi connectivity index (χ4v) is 2.67. The number of hydrogen-bond donors (Lipinski definition) is 2. The number of rotatable bonds is 8. The Morgan fingerprint density at radius 1 is 1.04 bits per heavy atom. The highest BCUT2D eigenvalue weighted by molar-refractivity contribution is 6.32. The second kappa shape index (κ2) is 9.39. The maximum atomic E-state index is 12.0. The van der Waals surface area contributed by atoms with Gasteiger partial charge in [0.25, 0.3) is 0 Å². The number of methoxy groups -OCH3 is 2. The van der Waals surface area contributed by atoms with Gasteiger partial charge in [-0.15, -0.1) is 0 Å². The van der Waals surface area contributed by atoms with Crippen molar-refractivity contribution in [2.45, 2.75) is 13.0 Å². The average molecular weight is 383 g/mol. The van der Waals surface area contributed by atoms with Gasteiger partial charge in [0.1, 0.15) is 11.5 Å². The van der Waals surface area contributed by atoms with Gasteiger partial charge in [-0.05, 0) is 11.6 Å². The van der Waals surface area contributed by atoms with Crippen molar-refractivity contribution in [2.24, 2.45) is 0 Å². The minimum absolute atomic E-state index is 0.0766. The Balaban J connectivity index is 1.86. The van der Waals surface area contributed by atoms with E-state index in [1.165, 1.54) is 0 Å². The van der Waals surface area contributed by atoms with Gasteiger partial charge >= 0.3 is 0 Å². The summed E-state index contributed by atoms with van der Waals surface area (Å²) in [5.74, 6) is 1.04. The van der Waals surface area contributed by atoms with Crippen molar-refractivity contribution < 1.29 is 14.3 Å². The maximum absolute atomic E-state index is 12.0. The second-order valence-corrected chi connectivity index (χ2v) is 6.05. The van der Waals surface area contributed by atoms with Crippen molar-refractivity contribution in [3.8, 4) is 11.5 Å². The summed E-state index contributed by atoms with van der Waals surface area (Å²) in [6.07, 6.45) is 0.304. The molecule has 2 rings (SSSR count). The average Bonchev–Trinajstić information content (AvgIpc) is 2.61. The van der Waals surface area contributed by atoms with Gasteiger partial charge in [-0.25, -0.2) is 0 Å². The van der Waals surface area contributed by atoms with Gasteiger partial charge in [0.15, 0.2) is 0 Å². The van der Waals surface area contributed by atoms with Gasteiger partial charge in [0.05, 0.1) is 24.9 Å². The molecule has 2 N–H and O–H groups in total. The maximum Gasteiger partial charge on any atom is 0.222 e. The Hall–Kier alpha value is -2.11. The minimum atomic E-state index is -0.0766. The number of ether oxygens (including phenoxy) is 2. The lowest BCUT2D eigenvalue weighted by Gasteiger charge is -2.14. The lowest BCUT2D eigenvalue weighted by Crippen LogP contribution is -2.25. The first-order valence-corrected chi connectivity index (χ1v) is 8.46. The molecule has 0 saturated carbocycles. The largest absolute Gasteiger partial charge is 0.495 e. The smallest absolute Gasteiger partial charge is 0.222 e. The molecule has 0 radical (unpaired) electrons. The molecule has 5 nitrogen and oxygen atoms in total. The molecule has 134 valence electrons. The predicted molar refractivity (Wildman–Crippen MR) is 101 cm³/mol. The minimum Gasteiger partial charge on any atom is -0.495 e.